The quantitative estimate of drug-likeness (QED) is 0.871. The summed E-state index contributed by atoms with van der Waals surface area (Å²) in [5, 5.41) is 12.5. The minimum absolute atomic E-state index is 0.0551. The Labute approximate surface area is 111 Å². The summed E-state index contributed by atoms with van der Waals surface area (Å²) in [7, 11) is 0. The summed E-state index contributed by atoms with van der Waals surface area (Å²) < 4.78 is 0. The predicted molar refractivity (Wildman–Crippen MR) is 67.5 cm³/mol. The van der Waals surface area contributed by atoms with Gasteiger partial charge in [0.25, 0.3) is 5.91 Å². The topological polar surface area (TPSA) is 75.1 Å². The van der Waals surface area contributed by atoms with Crippen LogP contribution in [0.4, 0.5) is 0 Å². The summed E-state index contributed by atoms with van der Waals surface area (Å²) in [5.41, 5.74) is -0.344. The van der Waals surface area contributed by atoms with Crippen LogP contribution < -0.4 is 5.32 Å². The van der Waals surface area contributed by atoms with Gasteiger partial charge in [0, 0.05) is 0 Å². The summed E-state index contributed by atoms with van der Waals surface area (Å²) in [6.45, 7) is 1.64. The number of aromatic nitrogens is 2. The highest BCUT2D eigenvalue weighted by Gasteiger charge is 2.35. The molecule has 6 heteroatoms. The molecule has 0 unspecified atom stereocenters. The molecule has 1 aliphatic rings. The molecule has 1 heterocycles. The van der Waals surface area contributed by atoms with Crippen LogP contribution in [0.5, 0.6) is 0 Å². The maximum Gasteiger partial charge on any atom is 0.272 e. The van der Waals surface area contributed by atoms with E-state index in [4.69, 9.17) is 11.6 Å². The van der Waals surface area contributed by atoms with Gasteiger partial charge in [0.05, 0.1) is 23.4 Å². The molecule has 0 aromatic carbocycles. The lowest BCUT2D eigenvalue weighted by Crippen LogP contribution is -2.49. The first kappa shape index (κ1) is 13.2. The zero-order valence-electron chi connectivity index (χ0n) is 10.2. The van der Waals surface area contributed by atoms with Crippen LogP contribution in [0.2, 0.25) is 5.02 Å². The fourth-order valence-electron chi connectivity index (χ4n) is 2.29. The third kappa shape index (κ3) is 2.62. The minimum atomic E-state index is -0.515. The van der Waals surface area contributed by atoms with E-state index in [1.54, 1.807) is 6.92 Å². The number of hydrogen-bond donors (Lipinski definition) is 2. The van der Waals surface area contributed by atoms with E-state index in [0.29, 0.717) is 5.82 Å². The van der Waals surface area contributed by atoms with Crippen molar-refractivity contribution >= 4 is 17.5 Å². The number of aryl methyl sites for hydroxylation is 1. The van der Waals surface area contributed by atoms with Crippen LogP contribution >= 0.6 is 11.6 Å². The normalized spacial score (nSPS) is 17.7. The molecule has 5 nitrogen and oxygen atoms in total. The van der Waals surface area contributed by atoms with Crippen LogP contribution in [0, 0.1) is 6.92 Å². The van der Waals surface area contributed by atoms with Gasteiger partial charge in [-0.25, -0.2) is 9.97 Å². The number of halogens is 1. The average Bonchev–Trinajstić information content (AvgIpc) is 2.81. The van der Waals surface area contributed by atoms with Crippen LogP contribution in [-0.2, 0) is 0 Å². The Morgan fingerprint density at radius 2 is 2.22 bits per heavy atom. The summed E-state index contributed by atoms with van der Waals surface area (Å²) in [5.74, 6) is 0.149. The van der Waals surface area contributed by atoms with Gasteiger partial charge in [-0.05, 0) is 19.8 Å². The number of aliphatic hydroxyl groups excluding tert-OH is 1. The molecule has 1 aliphatic carbocycles. The smallest absolute Gasteiger partial charge is 0.272 e. The first-order valence-electron chi connectivity index (χ1n) is 5.99. The molecule has 0 aliphatic heterocycles. The average molecular weight is 270 g/mol. The number of aliphatic hydroxyl groups is 1. The second-order valence-electron chi connectivity index (χ2n) is 4.71. The van der Waals surface area contributed by atoms with Gasteiger partial charge >= 0.3 is 0 Å². The third-order valence-electron chi connectivity index (χ3n) is 3.32. The number of rotatable bonds is 3. The lowest BCUT2D eigenvalue weighted by molar-refractivity contribution is 0.0833. The number of nitrogens with zero attached hydrogens (tertiary/aromatic N) is 2. The van der Waals surface area contributed by atoms with E-state index in [2.05, 4.69) is 15.3 Å². The molecule has 1 fully saturated rings. The van der Waals surface area contributed by atoms with Crippen molar-refractivity contribution in [2.45, 2.75) is 38.1 Å². The van der Waals surface area contributed by atoms with Crippen molar-refractivity contribution in [3.8, 4) is 0 Å². The van der Waals surface area contributed by atoms with Gasteiger partial charge in [-0.2, -0.15) is 0 Å². The summed E-state index contributed by atoms with van der Waals surface area (Å²) in [6, 6.07) is 0. The van der Waals surface area contributed by atoms with Gasteiger partial charge in [0.15, 0.2) is 0 Å². The fourth-order valence-corrected chi connectivity index (χ4v) is 2.47. The second kappa shape index (κ2) is 5.20. The SMILES string of the molecule is Cc1ncc(Cl)c(C(=O)NC2(CO)CCCC2)n1. The Hall–Kier alpha value is -1.20. The van der Waals surface area contributed by atoms with Crippen LogP contribution in [-0.4, -0.2) is 33.1 Å². The number of carbonyl (C=O) groups is 1. The summed E-state index contributed by atoms with van der Waals surface area (Å²) in [6.07, 6.45) is 5.02. The highest BCUT2D eigenvalue weighted by Crippen LogP contribution is 2.29. The molecule has 1 aromatic heterocycles. The molecule has 1 saturated carbocycles. The molecule has 0 atom stereocenters. The fraction of sp³-hybridized carbons (Fsp3) is 0.583. The predicted octanol–water partition coefficient (Wildman–Crippen LogP) is 1.47. The monoisotopic (exact) mass is 269 g/mol. The van der Waals surface area contributed by atoms with E-state index >= 15 is 0 Å². The van der Waals surface area contributed by atoms with Crippen molar-refractivity contribution in [3.63, 3.8) is 0 Å². The van der Waals surface area contributed by atoms with E-state index in [1.807, 2.05) is 0 Å². The van der Waals surface area contributed by atoms with Crippen LogP contribution in [0.1, 0.15) is 42.0 Å². The molecule has 0 saturated heterocycles. The van der Waals surface area contributed by atoms with Gasteiger partial charge in [-0.15, -0.1) is 0 Å². The second-order valence-corrected chi connectivity index (χ2v) is 5.12. The molecule has 98 valence electrons. The molecule has 0 spiro atoms. The number of nitrogens with one attached hydrogen (secondary N) is 1. The molecule has 2 N–H and O–H groups in total. The van der Waals surface area contributed by atoms with Crippen molar-refractivity contribution in [2.24, 2.45) is 0 Å². The Morgan fingerprint density at radius 3 is 2.83 bits per heavy atom. The van der Waals surface area contributed by atoms with Gasteiger partial charge in [0.1, 0.15) is 11.5 Å². The summed E-state index contributed by atoms with van der Waals surface area (Å²) >= 11 is 5.92. The standard InChI is InChI=1S/C12H16ClN3O2/c1-8-14-6-9(13)10(15-8)11(18)16-12(7-17)4-2-3-5-12/h6,17H,2-5,7H2,1H3,(H,16,18). The van der Waals surface area contributed by atoms with Crippen molar-refractivity contribution in [3.05, 3.63) is 22.7 Å². The first-order valence-corrected chi connectivity index (χ1v) is 6.37. The van der Waals surface area contributed by atoms with Gasteiger partial charge in [0.2, 0.25) is 0 Å². The molecule has 0 radical (unpaired) electrons. The zero-order chi connectivity index (χ0) is 13.2. The number of hydrogen-bond acceptors (Lipinski definition) is 4. The van der Waals surface area contributed by atoms with Gasteiger partial charge in [-0.1, -0.05) is 24.4 Å². The van der Waals surface area contributed by atoms with Gasteiger partial charge < -0.3 is 10.4 Å². The molecular formula is C12H16ClN3O2. The largest absolute Gasteiger partial charge is 0.394 e. The third-order valence-corrected chi connectivity index (χ3v) is 3.60. The Bertz CT molecular complexity index is 459. The number of carbonyl (C=O) groups excluding carboxylic acids is 1. The molecule has 1 aromatic rings. The van der Waals surface area contributed by atoms with E-state index in [9.17, 15) is 9.90 Å². The van der Waals surface area contributed by atoms with Gasteiger partial charge in [-0.3, -0.25) is 4.79 Å². The van der Waals surface area contributed by atoms with Crippen molar-refractivity contribution in [2.75, 3.05) is 6.61 Å². The Balaban J connectivity index is 2.18. The van der Waals surface area contributed by atoms with E-state index in [0.717, 1.165) is 25.7 Å². The number of amides is 1. The Morgan fingerprint density at radius 1 is 1.56 bits per heavy atom. The maximum absolute atomic E-state index is 12.1. The zero-order valence-corrected chi connectivity index (χ0v) is 11.0. The molecular weight excluding hydrogens is 254 g/mol. The van der Waals surface area contributed by atoms with E-state index < -0.39 is 5.54 Å². The van der Waals surface area contributed by atoms with Crippen LogP contribution in [0.25, 0.3) is 0 Å². The van der Waals surface area contributed by atoms with Crippen LogP contribution in [0.15, 0.2) is 6.20 Å². The van der Waals surface area contributed by atoms with Crippen molar-refractivity contribution in [1.29, 1.82) is 0 Å². The molecule has 1 amide bonds. The lowest BCUT2D eigenvalue weighted by Gasteiger charge is -2.27. The lowest BCUT2D eigenvalue weighted by atomic mass is 9.99. The first-order chi connectivity index (χ1) is 8.56. The summed E-state index contributed by atoms with van der Waals surface area (Å²) in [4.78, 5) is 20.1. The highest BCUT2D eigenvalue weighted by atomic mass is 35.5. The van der Waals surface area contributed by atoms with Crippen LogP contribution in [0.3, 0.4) is 0 Å². The van der Waals surface area contributed by atoms with E-state index in [1.165, 1.54) is 6.20 Å². The Kier molecular flexibility index (Phi) is 3.82. The van der Waals surface area contributed by atoms with Crippen molar-refractivity contribution < 1.29 is 9.90 Å². The minimum Gasteiger partial charge on any atom is -0.394 e. The molecule has 0 bridgehead atoms. The van der Waals surface area contributed by atoms with Crippen molar-refractivity contribution in [1.82, 2.24) is 15.3 Å². The molecule has 18 heavy (non-hydrogen) atoms. The molecule has 2 rings (SSSR count). The maximum atomic E-state index is 12.1. The van der Waals surface area contributed by atoms with E-state index in [-0.39, 0.29) is 23.2 Å². The highest BCUT2D eigenvalue weighted by molar-refractivity contribution is 6.33.